The van der Waals surface area contributed by atoms with Crippen molar-refractivity contribution in [2.45, 2.75) is 46.1 Å². The molecule has 2 aliphatic rings. The smallest absolute Gasteiger partial charge is 0.193 e. The first-order chi connectivity index (χ1) is 11.1. The van der Waals surface area contributed by atoms with Gasteiger partial charge in [0.2, 0.25) is 0 Å². The Labute approximate surface area is 142 Å². The molecule has 0 aromatic heterocycles. The minimum absolute atomic E-state index is 0.527. The molecule has 0 bridgehead atoms. The maximum atomic E-state index is 5.49. The fourth-order valence-electron chi connectivity index (χ4n) is 3.47. The van der Waals surface area contributed by atoms with Crippen molar-refractivity contribution in [2.75, 3.05) is 53.0 Å². The maximum absolute atomic E-state index is 5.49. The highest BCUT2D eigenvalue weighted by Crippen LogP contribution is 2.18. The summed E-state index contributed by atoms with van der Waals surface area (Å²) in [6.45, 7) is 13.9. The fourth-order valence-corrected chi connectivity index (χ4v) is 3.47. The summed E-state index contributed by atoms with van der Waals surface area (Å²) in [6, 6.07) is 0.527. The van der Waals surface area contributed by atoms with Crippen molar-refractivity contribution < 1.29 is 4.74 Å². The number of nitrogens with one attached hydrogen (secondary N) is 1. The molecule has 0 radical (unpaired) electrons. The molecule has 0 spiro atoms. The van der Waals surface area contributed by atoms with E-state index in [0.29, 0.717) is 12.0 Å². The molecule has 1 N–H and O–H groups in total. The molecule has 2 fully saturated rings. The van der Waals surface area contributed by atoms with Crippen molar-refractivity contribution in [2.24, 2.45) is 16.8 Å². The third-order valence-electron chi connectivity index (χ3n) is 5.20. The summed E-state index contributed by atoms with van der Waals surface area (Å²) in [5.74, 6) is 2.57. The molecule has 2 unspecified atom stereocenters. The van der Waals surface area contributed by atoms with Crippen LogP contribution in [0.4, 0.5) is 0 Å². The van der Waals surface area contributed by atoms with Crippen molar-refractivity contribution in [3.63, 3.8) is 0 Å². The van der Waals surface area contributed by atoms with Crippen LogP contribution in [0.15, 0.2) is 4.99 Å². The molecule has 0 aromatic carbocycles. The van der Waals surface area contributed by atoms with E-state index in [4.69, 9.17) is 9.73 Å². The van der Waals surface area contributed by atoms with E-state index in [-0.39, 0.29) is 0 Å². The molecule has 0 aromatic rings. The fraction of sp³-hybridized carbons (Fsp3) is 0.944. The summed E-state index contributed by atoms with van der Waals surface area (Å²) in [4.78, 5) is 9.77. The third kappa shape index (κ3) is 5.96. The molecule has 2 atom stereocenters. The minimum atomic E-state index is 0.527. The zero-order chi connectivity index (χ0) is 16.7. The van der Waals surface area contributed by atoms with E-state index < -0.39 is 0 Å². The van der Waals surface area contributed by atoms with Crippen LogP contribution < -0.4 is 5.32 Å². The molecule has 2 heterocycles. The lowest BCUT2D eigenvalue weighted by Gasteiger charge is -2.34. The third-order valence-corrected chi connectivity index (χ3v) is 5.20. The quantitative estimate of drug-likeness (QED) is 0.599. The number of piperidine rings is 1. The average molecular weight is 325 g/mol. The monoisotopic (exact) mass is 324 g/mol. The second kappa shape index (κ2) is 9.48. The Bertz CT molecular complexity index is 360. The number of aliphatic imine (C=N–C) groups is 1. The van der Waals surface area contributed by atoms with E-state index in [1.807, 2.05) is 0 Å². The number of likely N-dealkylation sites (tertiary alicyclic amines) is 1. The highest BCUT2D eigenvalue weighted by molar-refractivity contribution is 5.79. The van der Waals surface area contributed by atoms with E-state index in [0.717, 1.165) is 44.7 Å². The first-order valence-electron chi connectivity index (χ1n) is 9.41. The second-order valence-corrected chi connectivity index (χ2v) is 7.37. The van der Waals surface area contributed by atoms with Crippen LogP contribution >= 0.6 is 0 Å². The standard InChI is InChI=1S/C18H36N4O/c1-5-19-18(21(4)13-17-8-11-23-14-17)20-12-16(3)22-9-6-15(2)7-10-22/h15-17H,5-14H2,1-4H3,(H,19,20). The lowest BCUT2D eigenvalue weighted by molar-refractivity contribution is 0.150. The van der Waals surface area contributed by atoms with Crippen LogP contribution in [0, 0.1) is 11.8 Å². The van der Waals surface area contributed by atoms with Gasteiger partial charge in [-0.25, -0.2) is 0 Å². The molecule has 5 nitrogen and oxygen atoms in total. The van der Waals surface area contributed by atoms with Gasteiger partial charge in [-0.3, -0.25) is 9.89 Å². The topological polar surface area (TPSA) is 40.1 Å². The number of nitrogens with zero attached hydrogens (tertiary/aromatic N) is 3. The van der Waals surface area contributed by atoms with Gasteiger partial charge in [0.1, 0.15) is 0 Å². The number of ether oxygens (including phenoxy) is 1. The number of hydrogen-bond donors (Lipinski definition) is 1. The van der Waals surface area contributed by atoms with Crippen molar-refractivity contribution in [1.29, 1.82) is 0 Å². The molecule has 2 aliphatic heterocycles. The van der Waals surface area contributed by atoms with Crippen molar-refractivity contribution in [1.82, 2.24) is 15.1 Å². The van der Waals surface area contributed by atoms with Crippen LogP contribution in [-0.4, -0.2) is 74.8 Å². The lowest BCUT2D eigenvalue weighted by Crippen LogP contribution is -2.44. The van der Waals surface area contributed by atoms with Gasteiger partial charge in [0.15, 0.2) is 5.96 Å². The first-order valence-corrected chi connectivity index (χ1v) is 9.41. The van der Waals surface area contributed by atoms with E-state index in [2.05, 4.69) is 42.9 Å². The number of guanidine groups is 1. The molecule has 5 heteroatoms. The van der Waals surface area contributed by atoms with Crippen LogP contribution in [0.1, 0.15) is 40.0 Å². The van der Waals surface area contributed by atoms with Crippen LogP contribution in [-0.2, 0) is 4.74 Å². The van der Waals surface area contributed by atoms with E-state index >= 15 is 0 Å². The molecule has 0 amide bonds. The minimum Gasteiger partial charge on any atom is -0.381 e. The van der Waals surface area contributed by atoms with Crippen molar-refractivity contribution in [3.8, 4) is 0 Å². The zero-order valence-electron chi connectivity index (χ0n) is 15.6. The normalized spacial score (nSPS) is 25.6. The molecular weight excluding hydrogens is 288 g/mol. The van der Waals surface area contributed by atoms with Gasteiger partial charge in [0.05, 0.1) is 13.2 Å². The summed E-state index contributed by atoms with van der Waals surface area (Å²) in [5.41, 5.74) is 0. The van der Waals surface area contributed by atoms with Crippen LogP contribution in [0.5, 0.6) is 0 Å². The Balaban J connectivity index is 1.84. The van der Waals surface area contributed by atoms with Gasteiger partial charge in [-0.15, -0.1) is 0 Å². The zero-order valence-corrected chi connectivity index (χ0v) is 15.6. The summed E-state index contributed by atoms with van der Waals surface area (Å²) in [6.07, 6.45) is 3.83. The predicted octanol–water partition coefficient (Wildman–Crippen LogP) is 2.04. The van der Waals surface area contributed by atoms with Crippen molar-refractivity contribution >= 4 is 5.96 Å². The van der Waals surface area contributed by atoms with Crippen LogP contribution in [0.2, 0.25) is 0 Å². The van der Waals surface area contributed by atoms with Gasteiger partial charge in [-0.05, 0) is 52.1 Å². The number of rotatable bonds is 6. The van der Waals surface area contributed by atoms with Crippen molar-refractivity contribution in [3.05, 3.63) is 0 Å². The Kier molecular flexibility index (Phi) is 7.63. The highest BCUT2D eigenvalue weighted by Gasteiger charge is 2.21. The van der Waals surface area contributed by atoms with E-state index in [1.54, 1.807) is 0 Å². The van der Waals surface area contributed by atoms with E-state index in [1.165, 1.54) is 32.4 Å². The molecule has 23 heavy (non-hydrogen) atoms. The molecular formula is C18H36N4O. The Morgan fingerprint density at radius 1 is 1.35 bits per heavy atom. The largest absolute Gasteiger partial charge is 0.381 e. The predicted molar refractivity (Wildman–Crippen MR) is 97.0 cm³/mol. The molecule has 0 aliphatic carbocycles. The molecule has 134 valence electrons. The van der Waals surface area contributed by atoms with Gasteiger partial charge >= 0.3 is 0 Å². The average Bonchev–Trinajstić information content (AvgIpc) is 3.04. The Morgan fingerprint density at radius 3 is 2.70 bits per heavy atom. The Morgan fingerprint density at radius 2 is 2.09 bits per heavy atom. The highest BCUT2D eigenvalue weighted by atomic mass is 16.5. The summed E-state index contributed by atoms with van der Waals surface area (Å²) in [5, 5.41) is 3.44. The van der Waals surface area contributed by atoms with Crippen LogP contribution in [0.25, 0.3) is 0 Å². The lowest BCUT2D eigenvalue weighted by atomic mass is 9.98. The second-order valence-electron chi connectivity index (χ2n) is 7.37. The van der Waals surface area contributed by atoms with Gasteiger partial charge in [-0.1, -0.05) is 6.92 Å². The van der Waals surface area contributed by atoms with E-state index in [9.17, 15) is 0 Å². The Hall–Kier alpha value is -0.810. The maximum Gasteiger partial charge on any atom is 0.193 e. The number of hydrogen-bond acceptors (Lipinski definition) is 3. The molecule has 2 saturated heterocycles. The summed E-state index contributed by atoms with van der Waals surface area (Å²) < 4.78 is 5.49. The molecule has 0 saturated carbocycles. The first kappa shape index (κ1) is 18.5. The van der Waals surface area contributed by atoms with Gasteiger partial charge in [0, 0.05) is 38.7 Å². The summed E-state index contributed by atoms with van der Waals surface area (Å²) in [7, 11) is 2.15. The van der Waals surface area contributed by atoms with Crippen LogP contribution in [0.3, 0.4) is 0 Å². The summed E-state index contributed by atoms with van der Waals surface area (Å²) >= 11 is 0. The van der Waals surface area contributed by atoms with Gasteiger partial charge in [0.25, 0.3) is 0 Å². The van der Waals surface area contributed by atoms with Gasteiger partial charge in [-0.2, -0.15) is 0 Å². The van der Waals surface area contributed by atoms with Gasteiger partial charge < -0.3 is 15.0 Å². The SMILES string of the molecule is CCNC(=NCC(C)N1CCC(C)CC1)N(C)CC1CCOC1. The molecule has 2 rings (SSSR count).